The van der Waals surface area contributed by atoms with Crippen molar-refractivity contribution < 1.29 is 55.7 Å². The van der Waals surface area contributed by atoms with Gasteiger partial charge >= 0.3 is 23.7 Å². The van der Waals surface area contributed by atoms with Crippen molar-refractivity contribution in [3.8, 4) is 0 Å². The van der Waals surface area contributed by atoms with Gasteiger partial charge in [-0.2, -0.15) is 35.1 Å². The minimum atomic E-state index is -6.69. The Kier molecular flexibility index (Phi) is 6.78. The summed E-state index contributed by atoms with van der Waals surface area (Å²) >= 11 is 0. The topological polar surface area (TPSA) is 97.1 Å². The van der Waals surface area contributed by atoms with Crippen LogP contribution in [0, 0.1) is 0 Å². The van der Waals surface area contributed by atoms with Crippen LogP contribution in [0.5, 0.6) is 0 Å². The first kappa shape index (κ1) is 21.9. The van der Waals surface area contributed by atoms with E-state index in [1.54, 1.807) is 0 Å². The molecule has 0 rings (SSSR count). The molecule has 0 aromatic rings. The predicted octanol–water partition coefficient (Wildman–Crippen LogP) is 0.276. The van der Waals surface area contributed by atoms with E-state index in [2.05, 4.69) is 0 Å². The molecule has 0 saturated carbocycles. The molecule has 0 aliphatic rings. The molecule has 0 aliphatic heterocycles. The Balaban J connectivity index is -0.00000112. The van der Waals surface area contributed by atoms with Gasteiger partial charge in [0.15, 0.2) is 12.6 Å². The average Bonchev–Trinajstić information content (AvgIpc) is 2.16. The van der Waals surface area contributed by atoms with Gasteiger partial charge in [-0.05, 0) is 0 Å². The molecule has 0 heterocycles. The molecule has 0 fully saturated rings. The Labute approximate surface area is 93.2 Å². The van der Waals surface area contributed by atoms with Crippen LogP contribution in [0.25, 0.3) is 0 Å². The van der Waals surface area contributed by atoms with E-state index in [9.17, 15) is 44.7 Å². The molecular weight excluding hydrogens is 288 g/mol. The van der Waals surface area contributed by atoms with E-state index in [0.717, 1.165) is 0 Å². The van der Waals surface area contributed by atoms with Gasteiger partial charge in [0.05, 0.1) is 0 Å². The van der Waals surface area contributed by atoms with Crippen molar-refractivity contribution >= 4 is 12.6 Å². The number of carbonyl (C=O) groups excluding carboxylic acids is 2. The van der Waals surface area contributed by atoms with E-state index < -0.39 is 36.3 Å². The fraction of sp³-hybridized carbons (Fsp3) is 0.667. The zero-order chi connectivity index (χ0) is 13.4. The van der Waals surface area contributed by atoms with Gasteiger partial charge in [-0.1, -0.05) is 0 Å². The van der Waals surface area contributed by atoms with E-state index in [1.165, 1.54) is 0 Å². The fourth-order valence-electron chi connectivity index (χ4n) is 0.567. The van der Waals surface area contributed by atoms with Crippen LogP contribution in [-0.4, -0.2) is 47.2 Å². The first-order valence-electron chi connectivity index (χ1n) is 3.31. The molecule has 0 saturated heterocycles. The maximum absolute atomic E-state index is 12.3. The van der Waals surface area contributed by atoms with Crippen molar-refractivity contribution in [2.75, 3.05) is 0 Å². The van der Waals surface area contributed by atoms with E-state index in [4.69, 9.17) is 0 Å². The third-order valence-corrected chi connectivity index (χ3v) is 1.53. The summed E-state index contributed by atoms with van der Waals surface area (Å²) in [6, 6.07) is 0. The summed E-state index contributed by atoms with van der Waals surface area (Å²) in [6.07, 6.45) is -3.80. The summed E-state index contributed by atoms with van der Waals surface area (Å²) in [5.74, 6) is -25.4. The normalized spacial score (nSPS) is 13.1. The van der Waals surface area contributed by atoms with Crippen molar-refractivity contribution in [1.82, 2.24) is 0 Å². The lowest BCUT2D eigenvalue weighted by Crippen LogP contribution is -2.63. The van der Waals surface area contributed by atoms with Crippen molar-refractivity contribution in [2.24, 2.45) is 0 Å². The Morgan fingerprint density at radius 1 is 0.556 bits per heavy atom. The molecule has 0 aromatic heterocycles. The Morgan fingerprint density at radius 3 is 0.833 bits per heavy atom. The van der Waals surface area contributed by atoms with Crippen LogP contribution < -0.4 is 0 Å². The Bertz CT molecular complexity index is 272. The highest BCUT2D eigenvalue weighted by Gasteiger charge is 2.80. The van der Waals surface area contributed by atoms with E-state index >= 15 is 0 Å². The summed E-state index contributed by atoms with van der Waals surface area (Å²) in [6.45, 7) is 0. The molecule has 110 valence electrons. The lowest BCUT2D eigenvalue weighted by molar-refractivity contribution is -0.342. The number of rotatable bonds is 5. The first-order chi connectivity index (χ1) is 6.87. The SMILES string of the molecule is O.O.O=CC(F)(F)C(F)(F)C(F)(F)C(F)(F)C=O. The molecule has 0 atom stereocenters. The van der Waals surface area contributed by atoms with Crippen LogP contribution in [0.2, 0.25) is 0 Å². The largest absolute Gasteiger partial charge is 0.412 e. The van der Waals surface area contributed by atoms with Crippen molar-refractivity contribution in [1.29, 1.82) is 0 Å². The minimum Gasteiger partial charge on any atom is -0.412 e. The molecule has 4 N–H and O–H groups in total. The van der Waals surface area contributed by atoms with Crippen LogP contribution in [0.3, 0.4) is 0 Å². The third kappa shape index (κ3) is 2.75. The van der Waals surface area contributed by atoms with Gasteiger partial charge in [0.25, 0.3) is 0 Å². The van der Waals surface area contributed by atoms with Crippen LogP contribution in [-0.2, 0) is 9.59 Å². The lowest BCUT2D eigenvalue weighted by atomic mass is 10.0. The highest BCUT2D eigenvalue weighted by molar-refractivity contribution is 5.66. The summed E-state index contributed by atoms with van der Waals surface area (Å²) in [7, 11) is 0. The fourth-order valence-corrected chi connectivity index (χ4v) is 0.567. The molecule has 12 heteroatoms. The zero-order valence-electron chi connectivity index (χ0n) is 7.99. The molecule has 4 nitrogen and oxygen atoms in total. The monoisotopic (exact) mass is 294 g/mol. The number of carbonyl (C=O) groups is 2. The summed E-state index contributed by atoms with van der Waals surface area (Å²) < 4.78 is 97.4. The molecule has 0 amide bonds. The van der Waals surface area contributed by atoms with E-state index in [0.29, 0.717) is 0 Å². The number of alkyl halides is 8. The highest BCUT2D eigenvalue weighted by Crippen LogP contribution is 2.51. The molecule has 0 unspecified atom stereocenters. The van der Waals surface area contributed by atoms with Gasteiger partial charge in [0, 0.05) is 0 Å². The average molecular weight is 294 g/mol. The molecule has 0 aromatic carbocycles. The van der Waals surface area contributed by atoms with Crippen molar-refractivity contribution in [2.45, 2.75) is 23.7 Å². The molecule has 0 radical (unpaired) electrons. The van der Waals surface area contributed by atoms with Gasteiger partial charge in [-0.3, -0.25) is 9.59 Å². The van der Waals surface area contributed by atoms with Gasteiger partial charge in [-0.25, -0.2) is 0 Å². The number of hydrogen-bond acceptors (Lipinski definition) is 2. The maximum Gasteiger partial charge on any atom is 0.385 e. The first-order valence-corrected chi connectivity index (χ1v) is 3.31. The smallest absolute Gasteiger partial charge is 0.385 e. The molecular formula is C6H6F8O4. The van der Waals surface area contributed by atoms with Crippen LogP contribution in [0.4, 0.5) is 35.1 Å². The van der Waals surface area contributed by atoms with Gasteiger partial charge in [-0.15, -0.1) is 0 Å². The van der Waals surface area contributed by atoms with Crippen molar-refractivity contribution in [3.63, 3.8) is 0 Å². The summed E-state index contributed by atoms with van der Waals surface area (Å²) in [5, 5.41) is 0. The van der Waals surface area contributed by atoms with Crippen LogP contribution in [0.15, 0.2) is 0 Å². The van der Waals surface area contributed by atoms with Crippen LogP contribution in [0.1, 0.15) is 0 Å². The van der Waals surface area contributed by atoms with Gasteiger partial charge in [0.1, 0.15) is 0 Å². The van der Waals surface area contributed by atoms with Gasteiger partial charge < -0.3 is 11.0 Å². The van der Waals surface area contributed by atoms with E-state index in [-0.39, 0.29) is 11.0 Å². The second-order valence-electron chi connectivity index (χ2n) is 2.63. The Hall–Kier alpha value is -1.30. The van der Waals surface area contributed by atoms with Crippen LogP contribution >= 0.6 is 0 Å². The number of hydrogen-bond donors (Lipinski definition) is 0. The zero-order valence-corrected chi connectivity index (χ0v) is 7.99. The van der Waals surface area contributed by atoms with E-state index in [1.807, 2.05) is 0 Å². The predicted molar refractivity (Wildman–Crippen MR) is 39.1 cm³/mol. The number of aldehydes is 2. The molecule has 0 aliphatic carbocycles. The molecule has 18 heavy (non-hydrogen) atoms. The second kappa shape index (κ2) is 5.56. The quantitative estimate of drug-likeness (QED) is 0.537. The van der Waals surface area contributed by atoms with Crippen molar-refractivity contribution in [3.05, 3.63) is 0 Å². The standard InChI is InChI=1S/C6H2F8O2.2H2O/c7-3(8,1-15)5(11,12)6(13,14)4(9,10)2-16;;/h1-2H;2*1H2. The van der Waals surface area contributed by atoms with Gasteiger partial charge in [0.2, 0.25) is 0 Å². The summed E-state index contributed by atoms with van der Waals surface area (Å²) in [4.78, 5) is 18.9. The molecule has 0 spiro atoms. The molecule has 0 bridgehead atoms. The number of halogens is 8. The maximum atomic E-state index is 12.3. The Morgan fingerprint density at radius 2 is 0.722 bits per heavy atom. The highest BCUT2D eigenvalue weighted by atomic mass is 19.4. The second-order valence-corrected chi connectivity index (χ2v) is 2.63. The third-order valence-electron chi connectivity index (χ3n) is 1.53. The summed E-state index contributed by atoms with van der Waals surface area (Å²) in [5.41, 5.74) is 0. The lowest BCUT2D eigenvalue weighted by Gasteiger charge is -2.32. The minimum absolute atomic E-state index is 0.